The molecule has 4 aromatic rings. The average molecular weight is 619 g/mol. The minimum atomic E-state index is -0.432. The molecule has 2 heterocycles. The number of imide groups is 2. The summed E-state index contributed by atoms with van der Waals surface area (Å²) in [6.45, 7) is 0. The second-order valence-electron chi connectivity index (χ2n) is 9.94. The van der Waals surface area contributed by atoms with Gasteiger partial charge in [0.05, 0.1) is 28.4 Å². The third-order valence-electron chi connectivity index (χ3n) is 7.33. The smallest absolute Gasteiger partial charge is 0.258 e. The van der Waals surface area contributed by atoms with E-state index >= 15 is 0 Å². The third kappa shape index (κ3) is 6.09. The maximum absolute atomic E-state index is 12.3. The number of carbonyl (C=O) groups excluding carboxylic acids is 4. The van der Waals surface area contributed by atoms with Crippen molar-refractivity contribution in [3.05, 3.63) is 118 Å². The Kier molecular flexibility index (Phi) is 9.28. The molecule has 232 valence electrons. The molecule has 10 nitrogen and oxygen atoms in total. The molecule has 0 spiro atoms. The first-order valence-corrected chi connectivity index (χ1v) is 14.1. The van der Waals surface area contributed by atoms with E-state index in [1.54, 1.807) is 87.0 Å². The lowest BCUT2D eigenvalue weighted by Crippen LogP contribution is -2.36. The summed E-state index contributed by atoms with van der Waals surface area (Å²) in [4.78, 5) is 48.3. The van der Waals surface area contributed by atoms with Crippen LogP contribution in [-0.4, -0.2) is 52.1 Å². The molecule has 46 heavy (non-hydrogen) atoms. The van der Waals surface area contributed by atoms with E-state index in [0.717, 1.165) is 0 Å². The Bertz CT molecular complexity index is 1790. The SMILES string of the molecule is COc1cccc(/C=C2/C(=O)NC(=O)c3ccccc32)c1OC.COc1cccc(/C=C2\C(=O)NC(=O)c3ccccc32)c1OC. The van der Waals surface area contributed by atoms with Gasteiger partial charge in [0.15, 0.2) is 23.0 Å². The molecule has 0 aromatic heterocycles. The zero-order valence-electron chi connectivity index (χ0n) is 25.5. The highest BCUT2D eigenvalue weighted by molar-refractivity contribution is 6.34. The fourth-order valence-corrected chi connectivity index (χ4v) is 5.20. The Morgan fingerprint density at radius 1 is 0.435 bits per heavy atom. The summed E-state index contributed by atoms with van der Waals surface area (Å²) in [5.74, 6) is 0.567. The Labute approximate surface area is 265 Å². The lowest BCUT2D eigenvalue weighted by Gasteiger charge is -2.18. The predicted octanol–water partition coefficient (Wildman–Crippen LogP) is 5.03. The van der Waals surface area contributed by atoms with Crippen LogP contribution in [0.1, 0.15) is 43.0 Å². The van der Waals surface area contributed by atoms with E-state index in [0.29, 0.717) is 67.5 Å². The van der Waals surface area contributed by atoms with E-state index in [-0.39, 0.29) is 11.8 Å². The molecule has 4 aromatic carbocycles. The fraction of sp³-hybridized carbons (Fsp3) is 0.111. The molecule has 2 aliphatic heterocycles. The highest BCUT2D eigenvalue weighted by Gasteiger charge is 2.28. The Morgan fingerprint density at radius 2 is 0.804 bits per heavy atom. The van der Waals surface area contributed by atoms with Crippen molar-refractivity contribution in [2.24, 2.45) is 0 Å². The molecule has 2 N–H and O–H groups in total. The molecule has 6 rings (SSSR count). The summed E-state index contributed by atoms with van der Waals surface area (Å²) >= 11 is 0. The van der Waals surface area contributed by atoms with Crippen LogP contribution in [0.25, 0.3) is 23.3 Å². The van der Waals surface area contributed by atoms with Crippen molar-refractivity contribution in [3.63, 3.8) is 0 Å². The van der Waals surface area contributed by atoms with Crippen molar-refractivity contribution < 1.29 is 38.1 Å². The molecule has 4 amide bonds. The van der Waals surface area contributed by atoms with Gasteiger partial charge in [0.25, 0.3) is 23.6 Å². The molecule has 0 bridgehead atoms. The number of nitrogens with one attached hydrogen (secondary N) is 2. The third-order valence-corrected chi connectivity index (χ3v) is 7.33. The lowest BCUT2D eigenvalue weighted by atomic mass is 9.93. The predicted molar refractivity (Wildman–Crippen MR) is 173 cm³/mol. The highest BCUT2D eigenvalue weighted by atomic mass is 16.5. The molecular weight excluding hydrogens is 588 g/mol. The lowest BCUT2D eigenvalue weighted by molar-refractivity contribution is -0.115. The van der Waals surface area contributed by atoms with Gasteiger partial charge >= 0.3 is 0 Å². The number of benzene rings is 4. The molecule has 0 aliphatic carbocycles. The standard InChI is InChI=1S/2C18H15NO4/c2*1-22-15-9-5-6-11(16(15)23-2)10-14-12-7-3-4-8-13(12)17(20)19-18(14)21/h2*3-10H,1-2H3,(H,19,20,21)/b14-10+;14-10-. The minimum Gasteiger partial charge on any atom is -0.493 e. The number of carbonyl (C=O) groups is 4. The summed E-state index contributed by atoms with van der Waals surface area (Å²) in [6.07, 6.45) is 3.39. The van der Waals surface area contributed by atoms with Crippen LogP contribution in [0.2, 0.25) is 0 Å². The van der Waals surface area contributed by atoms with Gasteiger partial charge in [-0.15, -0.1) is 0 Å². The van der Waals surface area contributed by atoms with Gasteiger partial charge in [-0.3, -0.25) is 29.8 Å². The molecule has 0 saturated heterocycles. The monoisotopic (exact) mass is 618 g/mol. The number of rotatable bonds is 6. The first-order chi connectivity index (χ1) is 22.3. The number of amides is 4. The summed E-state index contributed by atoms with van der Waals surface area (Å²) in [7, 11) is 6.18. The van der Waals surface area contributed by atoms with Crippen molar-refractivity contribution in [2.75, 3.05) is 28.4 Å². The van der Waals surface area contributed by atoms with Crippen LogP contribution in [0.3, 0.4) is 0 Å². The van der Waals surface area contributed by atoms with Crippen LogP contribution < -0.4 is 29.6 Å². The summed E-state index contributed by atoms with van der Waals surface area (Å²) in [6, 6.07) is 24.8. The zero-order chi connectivity index (χ0) is 32.8. The highest BCUT2D eigenvalue weighted by Crippen LogP contribution is 2.36. The van der Waals surface area contributed by atoms with Gasteiger partial charge in [0, 0.05) is 33.4 Å². The van der Waals surface area contributed by atoms with Crippen LogP contribution in [0.5, 0.6) is 23.0 Å². The van der Waals surface area contributed by atoms with Gasteiger partial charge < -0.3 is 18.9 Å². The first kappa shape index (κ1) is 31.3. The molecule has 0 atom stereocenters. The van der Waals surface area contributed by atoms with Crippen LogP contribution >= 0.6 is 0 Å². The summed E-state index contributed by atoms with van der Waals surface area (Å²) in [5, 5.41) is 4.71. The number of hydrogen-bond acceptors (Lipinski definition) is 8. The zero-order valence-corrected chi connectivity index (χ0v) is 25.5. The maximum Gasteiger partial charge on any atom is 0.258 e. The van der Waals surface area contributed by atoms with Gasteiger partial charge in [-0.05, 0) is 47.5 Å². The summed E-state index contributed by atoms with van der Waals surface area (Å²) < 4.78 is 21.3. The molecule has 0 fully saturated rings. The molecule has 0 radical (unpaired) electrons. The van der Waals surface area contributed by atoms with E-state index in [4.69, 9.17) is 18.9 Å². The average Bonchev–Trinajstić information content (AvgIpc) is 3.08. The largest absolute Gasteiger partial charge is 0.493 e. The number of ether oxygens (including phenoxy) is 4. The second kappa shape index (κ2) is 13.6. The van der Waals surface area contributed by atoms with Crippen molar-refractivity contribution >= 4 is 46.9 Å². The maximum atomic E-state index is 12.3. The molecule has 0 saturated carbocycles. The number of fused-ring (bicyclic) bond motifs is 2. The minimum absolute atomic E-state index is 0.389. The fourth-order valence-electron chi connectivity index (χ4n) is 5.20. The van der Waals surface area contributed by atoms with Gasteiger partial charge in [0.1, 0.15) is 0 Å². The normalized spacial score (nSPS) is 15.1. The van der Waals surface area contributed by atoms with Crippen molar-refractivity contribution in [1.29, 1.82) is 0 Å². The van der Waals surface area contributed by atoms with E-state index in [1.807, 2.05) is 24.3 Å². The second-order valence-corrected chi connectivity index (χ2v) is 9.94. The van der Waals surface area contributed by atoms with Gasteiger partial charge in [-0.1, -0.05) is 60.7 Å². The van der Waals surface area contributed by atoms with Crippen LogP contribution in [0.4, 0.5) is 0 Å². The van der Waals surface area contributed by atoms with Crippen LogP contribution in [0, 0.1) is 0 Å². The quantitative estimate of drug-likeness (QED) is 0.228. The van der Waals surface area contributed by atoms with Crippen LogP contribution in [0.15, 0.2) is 84.9 Å². The molecule has 10 heteroatoms. The Hall–Kier alpha value is -6.16. The Balaban J connectivity index is 0.000000181. The number of para-hydroxylation sites is 2. The Morgan fingerprint density at radius 3 is 1.15 bits per heavy atom. The molecule has 0 unspecified atom stereocenters. The van der Waals surface area contributed by atoms with E-state index in [1.165, 1.54) is 14.2 Å². The van der Waals surface area contributed by atoms with E-state index in [9.17, 15) is 19.2 Å². The number of methoxy groups -OCH3 is 4. The van der Waals surface area contributed by atoms with E-state index < -0.39 is 11.8 Å². The number of hydrogen-bond donors (Lipinski definition) is 2. The van der Waals surface area contributed by atoms with Crippen molar-refractivity contribution in [3.8, 4) is 23.0 Å². The molecular formula is C36H30N2O8. The van der Waals surface area contributed by atoms with Gasteiger partial charge in [-0.25, -0.2) is 0 Å². The van der Waals surface area contributed by atoms with E-state index in [2.05, 4.69) is 10.6 Å². The van der Waals surface area contributed by atoms with Crippen molar-refractivity contribution in [2.45, 2.75) is 0 Å². The van der Waals surface area contributed by atoms with Crippen LogP contribution in [-0.2, 0) is 9.59 Å². The van der Waals surface area contributed by atoms with Gasteiger partial charge in [0.2, 0.25) is 0 Å². The molecule has 2 aliphatic rings. The first-order valence-electron chi connectivity index (χ1n) is 14.1. The van der Waals surface area contributed by atoms with Crippen molar-refractivity contribution in [1.82, 2.24) is 10.6 Å². The summed E-state index contributed by atoms with van der Waals surface area (Å²) in [5.41, 5.74) is 4.36. The topological polar surface area (TPSA) is 129 Å². The van der Waals surface area contributed by atoms with Gasteiger partial charge in [-0.2, -0.15) is 0 Å².